The topological polar surface area (TPSA) is 145 Å². The van der Waals surface area contributed by atoms with E-state index >= 15 is 0 Å². The van der Waals surface area contributed by atoms with E-state index in [2.05, 4.69) is 10.6 Å². The molecule has 0 aromatic heterocycles. The molecule has 2 aromatic carbocycles. The van der Waals surface area contributed by atoms with Crippen molar-refractivity contribution in [2.75, 3.05) is 17.2 Å². The van der Waals surface area contributed by atoms with Crippen LogP contribution in [0.2, 0.25) is 0 Å². The lowest BCUT2D eigenvalue weighted by Gasteiger charge is -2.11. The lowest BCUT2D eigenvalue weighted by molar-refractivity contribution is -0.386. The van der Waals surface area contributed by atoms with Crippen molar-refractivity contribution in [3.63, 3.8) is 0 Å². The molecule has 2 amide bonds. The molecule has 0 radical (unpaired) electrons. The van der Waals surface area contributed by atoms with Crippen LogP contribution in [-0.2, 0) is 19.4 Å². The Morgan fingerprint density at radius 3 is 2.26 bits per heavy atom. The number of benzene rings is 2. The van der Waals surface area contributed by atoms with Crippen molar-refractivity contribution in [3.05, 3.63) is 52.6 Å². The van der Waals surface area contributed by atoms with E-state index in [4.69, 9.17) is 4.74 Å². The molecule has 2 aromatic rings. The standard InChI is InChI=1S/C17H14F3N3O7S/c1-10(24)21-11-3-2-4-12(7-11)22-16(25)9-30-15-6-5-13(8-14(15)23(26)27)31(28,29)17(18,19)20/h2-8H,9H2,1H3,(H,21,24)(H,22,25). The predicted molar refractivity (Wildman–Crippen MR) is 101 cm³/mol. The first-order chi connectivity index (χ1) is 14.3. The minimum Gasteiger partial charge on any atom is -0.477 e. The fourth-order valence-electron chi connectivity index (χ4n) is 2.28. The van der Waals surface area contributed by atoms with Gasteiger partial charge in [0.1, 0.15) is 0 Å². The second kappa shape index (κ2) is 8.99. The summed E-state index contributed by atoms with van der Waals surface area (Å²) in [4.78, 5) is 31.7. The highest BCUT2D eigenvalue weighted by atomic mass is 32.2. The van der Waals surface area contributed by atoms with Gasteiger partial charge in [0, 0.05) is 24.4 Å². The Kier molecular flexibility index (Phi) is 6.84. The van der Waals surface area contributed by atoms with Gasteiger partial charge < -0.3 is 15.4 Å². The maximum atomic E-state index is 12.6. The number of carbonyl (C=O) groups is 2. The van der Waals surface area contributed by atoms with Crippen LogP contribution in [0.15, 0.2) is 47.4 Å². The van der Waals surface area contributed by atoms with Crippen LogP contribution in [0.3, 0.4) is 0 Å². The molecule has 14 heteroatoms. The Labute approximate surface area is 173 Å². The Hall–Kier alpha value is -3.68. The van der Waals surface area contributed by atoms with Crippen LogP contribution in [-0.4, -0.2) is 37.3 Å². The Balaban J connectivity index is 2.15. The maximum Gasteiger partial charge on any atom is 0.501 e. The number of anilines is 2. The summed E-state index contributed by atoms with van der Waals surface area (Å²) < 4.78 is 65.8. The Morgan fingerprint density at radius 2 is 1.71 bits per heavy atom. The van der Waals surface area contributed by atoms with Crippen LogP contribution in [0.25, 0.3) is 0 Å². The van der Waals surface area contributed by atoms with Gasteiger partial charge in [0.25, 0.3) is 15.7 Å². The van der Waals surface area contributed by atoms with Gasteiger partial charge in [-0.1, -0.05) is 6.07 Å². The van der Waals surface area contributed by atoms with E-state index in [0.717, 1.165) is 0 Å². The van der Waals surface area contributed by atoms with Gasteiger partial charge in [-0.3, -0.25) is 19.7 Å². The van der Waals surface area contributed by atoms with Crippen molar-refractivity contribution in [2.24, 2.45) is 0 Å². The molecule has 0 unspecified atom stereocenters. The second-order valence-electron chi connectivity index (χ2n) is 5.93. The van der Waals surface area contributed by atoms with Gasteiger partial charge in [-0.15, -0.1) is 0 Å². The highest BCUT2D eigenvalue weighted by Gasteiger charge is 2.47. The van der Waals surface area contributed by atoms with Crippen molar-refractivity contribution < 1.29 is 40.8 Å². The number of sulfone groups is 1. The molecular weight excluding hydrogens is 447 g/mol. The summed E-state index contributed by atoms with van der Waals surface area (Å²) in [7, 11) is -5.80. The molecule has 0 aliphatic rings. The average molecular weight is 461 g/mol. The lowest BCUT2D eigenvalue weighted by atomic mass is 10.2. The van der Waals surface area contributed by atoms with Gasteiger partial charge >= 0.3 is 11.2 Å². The van der Waals surface area contributed by atoms with Gasteiger partial charge in [0.15, 0.2) is 12.4 Å². The summed E-state index contributed by atoms with van der Waals surface area (Å²) in [5.74, 6) is -1.72. The molecule has 0 saturated heterocycles. The monoisotopic (exact) mass is 461 g/mol. The van der Waals surface area contributed by atoms with Crippen molar-refractivity contribution in [1.29, 1.82) is 0 Å². The number of rotatable bonds is 7. The van der Waals surface area contributed by atoms with E-state index < -0.39 is 49.1 Å². The van der Waals surface area contributed by atoms with E-state index in [-0.39, 0.29) is 17.7 Å². The number of nitro groups is 1. The summed E-state index contributed by atoms with van der Waals surface area (Å²) in [6.45, 7) is 0.522. The summed E-state index contributed by atoms with van der Waals surface area (Å²) >= 11 is 0. The highest BCUT2D eigenvalue weighted by molar-refractivity contribution is 7.92. The van der Waals surface area contributed by atoms with Crippen LogP contribution in [0.4, 0.5) is 30.2 Å². The third-order valence-electron chi connectivity index (χ3n) is 3.57. The number of hydrogen-bond acceptors (Lipinski definition) is 7. The minimum absolute atomic E-state index is 0.201. The fraction of sp³-hybridized carbons (Fsp3) is 0.176. The first kappa shape index (κ1) is 23.6. The van der Waals surface area contributed by atoms with Crippen molar-refractivity contribution >= 4 is 38.7 Å². The number of hydrogen-bond donors (Lipinski definition) is 2. The zero-order chi connectivity index (χ0) is 23.4. The first-order valence-electron chi connectivity index (χ1n) is 8.21. The molecule has 2 N–H and O–H groups in total. The zero-order valence-electron chi connectivity index (χ0n) is 15.6. The number of nitrogens with zero attached hydrogens (tertiary/aromatic N) is 1. The Bertz CT molecular complexity index is 1130. The summed E-state index contributed by atoms with van der Waals surface area (Å²) in [6.07, 6.45) is 0. The third-order valence-corrected chi connectivity index (χ3v) is 5.05. The van der Waals surface area contributed by atoms with Gasteiger partial charge in [0.05, 0.1) is 9.82 Å². The molecule has 0 aliphatic carbocycles. The van der Waals surface area contributed by atoms with E-state index in [1.165, 1.54) is 25.1 Å². The molecule has 2 rings (SSSR count). The minimum atomic E-state index is -5.80. The molecule has 0 spiro atoms. The average Bonchev–Trinajstić information content (AvgIpc) is 2.65. The molecule has 10 nitrogen and oxygen atoms in total. The van der Waals surface area contributed by atoms with Crippen LogP contribution in [0, 0.1) is 10.1 Å². The quantitative estimate of drug-likeness (QED) is 0.476. The number of ether oxygens (including phenoxy) is 1. The third kappa shape index (κ3) is 5.91. The zero-order valence-corrected chi connectivity index (χ0v) is 16.4. The smallest absolute Gasteiger partial charge is 0.477 e. The molecule has 166 valence electrons. The molecule has 0 aliphatic heterocycles. The second-order valence-corrected chi connectivity index (χ2v) is 7.88. The SMILES string of the molecule is CC(=O)Nc1cccc(NC(=O)COc2ccc(S(=O)(=O)C(F)(F)F)cc2[N+](=O)[O-])c1. The molecule has 0 bridgehead atoms. The van der Waals surface area contributed by atoms with E-state index in [1.54, 1.807) is 6.07 Å². The van der Waals surface area contributed by atoms with E-state index in [0.29, 0.717) is 17.8 Å². The molecule has 0 atom stereocenters. The predicted octanol–water partition coefficient (Wildman–Crippen LogP) is 2.86. The van der Waals surface area contributed by atoms with Crippen molar-refractivity contribution in [3.8, 4) is 5.75 Å². The van der Waals surface area contributed by atoms with Crippen molar-refractivity contribution in [2.45, 2.75) is 17.3 Å². The van der Waals surface area contributed by atoms with E-state index in [9.17, 15) is 41.3 Å². The summed E-state index contributed by atoms with van der Waals surface area (Å²) in [6, 6.07) is 7.36. The highest BCUT2D eigenvalue weighted by Crippen LogP contribution is 2.35. The largest absolute Gasteiger partial charge is 0.501 e. The number of carbonyl (C=O) groups excluding carboxylic acids is 2. The van der Waals surface area contributed by atoms with E-state index in [1.807, 2.05) is 0 Å². The summed E-state index contributed by atoms with van der Waals surface area (Å²) in [5, 5.41) is 16.0. The number of nitro benzene ring substituents is 1. The Morgan fingerprint density at radius 1 is 1.10 bits per heavy atom. The van der Waals surface area contributed by atoms with Gasteiger partial charge in [0.2, 0.25) is 5.91 Å². The molecule has 31 heavy (non-hydrogen) atoms. The number of halogens is 3. The molecule has 0 heterocycles. The summed E-state index contributed by atoms with van der Waals surface area (Å²) in [5.41, 5.74) is -6.05. The number of amides is 2. The van der Waals surface area contributed by atoms with Crippen LogP contribution < -0.4 is 15.4 Å². The van der Waals surface area contributed by atoms with Gasteiger partial charge in [-0.2, -0.15) is 13.2 Å². The number of alkyl halides is 3. The first-order valence-corrected chi connectivity index (χ1v) is 9.69. The molecule has 0 fully saturated rings. The lowest BCUT2D eigenvalue weighted by Crippen LogP contribution is -2.23. The van der Waals surface area contributed by atoms with Crippen LogP contribution >= 0.6 is 0 Å². The van der Waals surface area contributed by atoms with Gasteiger partial charge in [-0.25, -0.2) is 8.42 Å². The maximum absolute atomic E-state index is 12.6. The fourth-order valence-corrected chi connectivity index (χ4v) is 3.06. The van der Waals surface area contributed by atoms with Gasteiger partial charge in [-0.05, 0) is 30.3 Å². The number of nitrogens with one attached hydrogen (secondary N) is 2. The van der Waals surface area contributed by atoms with Crippen LogP contribution in [0.5, 0.6) is 5.75 Å². The molecular formula is C17H14F3N3O7S. The van der Waals surface area contributed by atoms with Crippen LogP contribution in [0.1, 0.15) is 6.92 Å². The van der Waals surface area contributed by atoms with Crippen molar-refractivity contribution in [1.82, 2.24) is 0 Å². The normalized spacial score (nSPS) is 11.5. The molecule has 0 saturated carbocycles.